The smallest absolute Gasteiger partial charge is 0.167 e. The number of benzene rings is 1. The van der Waals surface area contributed by atoms with Gasteiger partial charge in [0.15, 0.2) is 17.3 Å². The monoisotopic (exact) mass is 231 g/mol. The fourth-order valence-electron chi connectivity index (χ4n) is 1.95. The zero-order valence-corrected chi connectivity index (χ0v) is 9.82. The molecule has 0 spiro atoms. The molecule has 1 aromatic carbocycles. The quantitative estimate of drug-likeness (QED) is 0.757. The molecule has 1 aromatic heterocycles. The van der Waals surface area contributed by atoms with Gasteiger partial charge in [0.25, 0.3) is 0 Å². The van der Waals surface area contributed by atoms with E-state index in [0.717, 1.165) is 34.1 Å². The minimum atomic E-state index is 0.588. The average Bonchev–Trinajstić information content (AvgIpc) is 2.75. The zero-order chi connectivity index (χ0) is 11.8. The summed E-state index contributed by atoms with van der Waals surface area (Å²) in [7, 11) is 0. The molecule has 0 saturated heterocycles. The molecule has 2 aromatic rings. The summed E-state index contributed by atoms with van der Waals surface area (Å²) < 4.78 is 16.4. The lowest BCUT2D eigenvalue weighted by Crippen LogP contribution is -2.15. The van der Waals surface area contributed by atoms with Gasteiger partial charge < -0.3 is 14.0 Å². The van der Waals surface area contributed by atoms with Crippen LogP contribution < -0.4 is 9.47 Å². The van der Waals surface area contributed by atoms with E-state index in [2.05, 4.69) is 5.16 Å². The van der Waals surface area contributed by atoms with E-state index in [0.29, 0.717) is 13.2 Å². The average molecular weight is 231 g/mol. The lowest BCUT2D eigenvalue weighted by Gasteiger charge is -2.19. The summed E-state index contributed by atoms with van der Waals surface area (Å²) in [6.45, 7) is 5.11. The van der Waals surface area contributed by atoms with Crippen LogP contribution in [0.5, 0.6) is 11.5 Å². The summed E-state index contributed by atoms with van der Waals surface area (Å²) in [5.74, 6) is 2.33. The molecule has 88 valence electrons. The van der Waals surface area contributed by atoms with Crippen LogP contribution in [0.1, 0.15) is 11.3 Å². The molecule has 0 radical (unpaired) electrons. The van der Waals surface area contributed by atoms with Crippen molar-refractivity contribution in [2.24, 2.45) is 0 Å². The van der Waals surface area contributed by atoms with Crippen LogP contribution in [-0.4, -0.2) is 18.4 Å². The van der Waals surface area contributed by atoms with Crippen LogP contribution in [0.2, 0.25) is 0 Å². The molecule has 0 amide bonds. The molecule has 0 fully saturated rings. The molecular formula is C13H13NO3. The molecule has 0 bridgehead atoms. The molecule has 0 aliphatic carbocycles. The normalized spacial score (nSPS) is 13.8. The Morgan fingerprint density at radius 1 is 1.00 bits per heavy atom. The first-order valence-corrected chi connectivity index (χ1v) is 5.58. The first kappa shape index (κ1) is 10.2. The highest BCUT2D eigenvalue weighted by Gasteiger charge is 2.16. The van der Waals surface area contributed by atoms with Crippen molar-refractivity contribution >= 4 is 0 Å². The Bertz CT molecular complexity index is 560. The second kappa shape index (κ2) is 3.80. The molecule has 2 heterocycles. The zero-order valence-electron chi connectivity index (χ0n) is 9.82. The van der Waals surface area contributed by atoms with Crippen LogP contribution in [-0.2, 0) is 0 Å². The van der Waals surface area contributed by atoms with Crippen molar-refractivity contribution in [1.82, 2.24) is 5.16 Å². The Kier molecular flexibility index (Phi) is 2.28. The van der Waals surface area contributed by atoms with Crippen LogP contribution in [0.3, 0.4) is 0 Å². The van der Waals surface area contributed by atoms with Crippen molar-refractivity contribution in [3.05, 3.63) is 29.5 Å². The van der Waals surface area contributed by atoms with E-state index < -0.39 is 0 Å². The molecule has 0 saturated carbocycles. The maximum Gasteiger partial charge on any atom is 0.167 e. The second-order valence-corrected chi connectivity index (χ2v) is 4.14. The SMILES string of the molecule is Cc1cc(-c2cc3c(cc2C)OCCO3)on1. The van der Waals surface area contributed by atoms with Gasteiger partial charge in [-0.1, -0.05) is 5.16 Å². The highest BCUT2D eigenvalue weighted by molar-refractivity contribution is 5.67. The van der Waals surface area contributed by atoms with Crippen molar-refractivity contribution in [3.8, 4) is 22.8 Å². The Morgan fingerprint density at radius 2 is 1.71 bits per heavy atom. The molecule has 0 N–H and O–H groups in total. The third-order valence-corrected chi connectivity index (χ3v) is 2.78. The van der Waals surface area contributed by atoms with E-state index in [-0.39, 0.29) is 0 Å². The van der Waals surface area contributed by atoms with Crippen molar-refractivity contribution in [1.29, 1.82) is 0 Å². The number of hydrogen-bond acceptors (Lipinski definition) is 4. The van der Waals surface area contributed by atoms with E-state index in [9.17, 15) is 0 Å². The molecule has 3 rings (SSSR count). The van der Waals surface area contributed by atoms with Crippen LogP contribution >= 0.6 is 0 Å². The lowest BCUT2D eigenvalue weighted by molar-refractivity contribution is 0.171. The first-order chi connectivity index (χ1) is 8.24. The highest BCUT2D eigenvalue weighted by atomic mass is 16.6. The van der Waals surface area contributed by atoms with Crippen LogP contribution in [0.15, 0.2) is 22.7 Å². The number of aromatic nitrogens is 1. The van der Waals surface area contributed by atoms with Crippen molar-refractivity contribution in [2.45, 2.75) is 13.8 Å². The van der Waals surface area contributed by atoms with E-state index in [1.54, 1.807) is 0 Å². The first-order valence-electron chi connectivity index (χ1n) is 5.58. The van der Waals surface area contributed by atoms with Gasteiger partial charge in [0, 0.05) is 11.6 Å². The number of hydrogen-bond donors (Lipinski definition) is 0. The van der Waals surface area contributed by atoms with Gasteiger partial charge in [0.05, 0.1) is 5.69 Å². The standard InChI is InChI=1S/C13H13NO3/c1-8-5-12-13(16-4-3-15-12)7-10(8)11-6-9(2)14-17-11/h5-7H,3-4H2,1-2H3. The van der Waals surface area contributed by atoms with Crippen molar-refractivity contribution in [2.75, 3.05) is 13.2 Å². The predicted octanol–water partition coefficient (Wildman–Crippen LogP) is 2.73. The van der Waals surface area contributed by atoms with Gasteiger partial charge >= 0.3 is 0 Å². The summed E-state index contributed by atoms with van der Waals surface area (Å²) in [5, 5.41) is 3.90. The third-order valence-electron chi connectivity index (χ3n) is 2.78. The summed E-state index contributed by atoms with van der Waals surface area (Å²) >= 11 is 0. The summed E-state index contributed by atoms with van der Waals surface area (Å²) in [4.78, 5) is 0. The lowest BCUT2D eigenvalue weighted by atomic mass is 10.0. The number of aryl methyl sites for hydroxylation is 2. The van der Waals surface area contributed by atoms with Gasteiger partial charge in [-0.2, -0.15) is 0 Å². The summed E-state index contributed by atoms with van der Waals surface area (Å²) in [6.07, 6.45) is 0. The van der Waals surface area contributed by atoms with Gasteiger partial charge in [-0.3, -0.25) is 0 Å². The van der Waals surface area contributed by atoms with Gasteiger partial charge in [-0.15, -0.1) is 0 Å². The minimum absolute atomic E-state index is 0.588. The van der Waals surface area contributed by atoms with E-state index in [1.165, 1.54) is 0 Å². The molecular weight excluding hydrogens is 218 g/mol. The minimum Gasteiger partial charge on any atom is -0.486 e. The fourth-order valence-corrected chi connectivity index (χ4v) is 1.95. The maximum atomic E-state index is 5.56. The molecule has 0 atom stereocenters. The van der Waals surface area contributed by atoms with Gasteiger partial charge in [0.1, 0.15) is 13.2 Å². The van der Waals surface area contributed by atoms with Crippen LogP contribution in [0, 0.1) is 13.8 Å². The Hall–Kier alpha value is -1.97. The molecule has 1 aliphatic rings. The van der Waals surface area contributed by atoms with Gasteiger partial charge in [-0.25, -0.2) is 0 Å². The number of nitrogens with zero attached hydrogens (tertiary/aromatic N) is 1. The van der Waals surface area contributed by atoms with Crippen molar-refractivity contribution < 1.29 is 14.0 Å². The third kappa shape index (κ3) is 1.75. The second-order valence-electron chi connectivity index (χ2n) is 4.14. The predicted molar refractivity (Wildman–Crippen MR) is 62.4 cm³/mol. The summed E-state index contributed by atoms with van der Waals surface area (Å²) in [6, 6.07) is 5.84. The molecule has 17 heavy (non-hydrogen) atoms. The fraction of sp³-hybridized carbons (Fsp3) is 0.308. The van der Waals surface area contributed by atoms with Gasteiger partial charge in [0.2, 0.25) is 0 Å². The number of fused-ring (bicyclic) bond motifs is 1. The molecule has 0 unspecified atom stereocenters. The maximum absolute atomic E-state index is 5.56. The summed E-state index contributed by atoms with van der Waals surface area (Å²) in [5.41, 5.74) is 2.95. The van der Waals surface area contributed by atoms with Crippen LogP contribution in [0.4, 0.5) is 0 Å². The number of rotatable bonds is 1. The Labute approximate surface area is 99.1 Å². The van der Waals surface area contributed by atoms with Crippen molar-refractivity contribution in [3.63, 3.8) is 0 Å². The van der Waals surface area contributed by atoms with E-state index in [1.807, 2.05) is 32.0 Å². The van der Waals surface area contributed by atoms with E-state index >= 15 is 0 Å². The van der Waals surface area contributed by atoms with Gasteiger partial charge in [-0.05, 0) is 31.5 Å². The highest BCUT2D eigenvalue weighted by Crippen LogP contribution is 2.37. The van der Waals surface area contributed by atoms with Crippen LogP contribution in [0.25, 0.3) is 11.3 Å². The molecule has 4 nitrogen and oxygen atoms in total. The molecule has 1 aliphatic heterocycles. The topological polar surface area (TPSA) is 44.5 Å². The Balaban J connectivity index is 2.11. The van der Waals surface area contributed by atoms with E-state index in [4.69, 9.17) is 14.0 Å². The number of ether oxygens (including phenoxy) is 2. The Morgan fingerprint density at radius 3 is 2.35 bits per heavy atom. The molecule has 4 heteroatoms. The largest absolute Gasteiger partial charge is 0.486 e.